The summed E-state index contributed by atoms with van der Waals surface area (Å²) in [7, 11) is 0. The molecule has 0 saturated carbocycles. The summed E-state index contributed by atoms with van der Waals surface area (Å²) >= 11 is 0. The standard InChI is InChI=1S/C15H25N5O3/c21-14(16-5-7-18-8-10-23-11-9-18)12-20-15(22)19-6-3-1-2-4-13(19)17-20/h1-12H2,(H,16,21). The second kappa shape index (κ2) is 7.74. The summed E-state index contributed by atoms with van der Waals surface area (Å²) in [5, 5.41) is 7.20. The topological polar surface area (TPSA) is 81.4 Å². The van der Waals surface area contributed by atoms with Crippen molar-refractivity contribution >= 4 is 5.91 Å². The van der Waals surface area contributed by atoms with Crippen LogP contribution < -0.4 is 11.0 Å². The highest BCUT2D eigenvalue weighted by atomic mass is 16.5. The summed E-state index contributed by atoms with van der Waals surface area (Å²) in [5.41, 5.74) is -0.162. The zero-order chi connectivity index (χ0) is 16.1. The Morgan fingerprint density at radius 1 is 1.17 bits per heavy atom. The first-order valence-electron chi connectivity index (χ1n) is 8.47. The van der Waals surface area contributed by atoms with Gasteiger partial charge in [0.1, 0.15) is 12.4 Å². The molecule has 0 aromatic carbocycles. The van der Waals surface area contributed by atoms with Gasteiger partial charge in [-0.15, -0.1) is 0 Å². The fraction of sp³-hybridized carbons (Fsp3) is 0.800. The number of amides is 1. The molecule has 1 aromatic heterocycles. The summed E-state index contributed by atoms with van der Waals surface area (Å²) in [6.07, 6.45) is 4.01. The molecule has 0 radical (unpaired) electrons. The van der Waals surface area contributed by atoms with Crippen molar-refractivity contribution in [1.82, 2.24) is 24.6 Å². The molecule has 3 rings (SSSR count). The zero-order valence-corrected chi connectivity index (χ0v) is 13.5. The highest BCUT2D eigenvalue weighted by Crippen LogP contribution is 2.10. The molecule has 1 aromatic rings. The first-order valence-corrected chi connectivity index (χ1v) is 8.47. The van der Waals surface area contributed by atoms with Crippen LogP contribution in [-0.2, 0) is 29.0 Å². The van der Waals surface area contributed by atoms with E-state index < -0.39 is 0 Å². The normalized spacial score (nSPS) is 19.1. The maximum Gasteiger partial charge on any atom is 0.346 e. The number of hydrogen-bond donors (Lipinski definition) is 1. The summed E-state index contributed by atoms with van der Waals surface area (Å²) in [4.78, 5) is 26.6. The lowest BCUT2D eigenvalue weighted by Crippen LogP contribution is -2.42. The highest BCUT2D eigenvalue weighted by Gasteiger charge is 2.17. The molecule has 1 amide bonds. The molecule has 128 valence electrons. The molecule has 2 aliphatic heterocycles. The lowest BCUT2D eigenvalue weighted by Gasteiger charge is -2.26. The van der Waals surface area contributed by atoms with E-state index in [-0.39, 0.29) is 18.1 Å². The molecule has 8 heteroatoms. The van der Waals surface area contributed by atoms with Gasteiger partial charge in [-0.05, 0) is 12.8 Å². The van der Waals surface area contributed by atoms with Gasteiger partial charge in [-0.3, -0.25) is 14.3 Å². The maximum atomic E-state index is 12.3. The average Bonchev–Trinajstić information content (AvgIpc) is 2.74. The van der Waals surface area contributed by atoms with E-state index in [4.69, 9.17) is 4.74 Å². The predicted octanol–water partition coefficient (Wildman–Crippen LogP) is -0.780. The number of rotatable bonds is 5. The minimum Gasteiger partial charge on any atom is -0.379 e. The molecule has 0 bridgehead atoms. The van der Waals surface area contributed by atoms with Crippen LogP contribution >= 0.6 is 0 Å². The van der Waals surface area contributed by atoms with Gasteiger partial charge in [0.15, 0.2) is 0 Å². The van der Waals surface area contributed by atoms with E-state index in [9.17, 15) is 9.59 Å². The largest absolute Gasteiger partial charge is 0.379 e. The Labute approximate surface area is 135 Å². The monoisotopic (exact) mass is 323 g/mol. The van der Waals surface area contributed by atoms with Gasteiger partial charge in [0.05, 0.1) is 13.2 Å². The van der Waals surface area contributed by atoms with Crippen molar-refractivity contribution in [3.05, 3.63) is 16.3 Å². The average molecular weight is 323 g/mol. The zero-order valence-electron chi connectivity index (χ0n) is 13.5. The van der Waals surface area contributed by atoms with E-state index in [1.165, 1.54) is 4.68 Å². The number of morpholine rings is 1. The van der Waals surface area contributed by atoms with E-state index in [0.717, 1.165) is 64.4 Å². The predicted molar refractivity (Wildman–Crippen MR) is 84.3 cm³/mol. The molecule has 1 saturated heterocycles. The SMILES string of the molecule is O=C(Cn1nc2n(c1=O)CCCCC2)NCCN1CCOCC1. The Bertz CT molecular complexity index is 588. The number of nitrogens with one attached hydrogen (secondary N) is 1. The van der Waals surface area contributed by atoms with Gasteiger partial charge < -0.3 is 10.1 Å². The van der Waals surface area contributed by atoms with Crippen molar-refractivity contribution in [2.24, 2.45) is 0 Å². The Morgan fingerprint density at radius 2 is 2.00 bits per heavy atom. The maximum absolute atomic E-state index is 12.3. The van der Waals surface area contributed by atoms with Gasteiger partial charge in [0.25, 0.3) is 0 Å². The minimum absolute atomic E-state index is 0.00193. The Balaban J connectivity index is 1.49. The second-order valence-electron chi connectivity index (χ2n) is 6.12. The third-order valence-electron chi connectivity index (χ3n) is 4.43. The first kappa shape index (κ1) is 16.2. The first-order chi connectivity index (χ1) is 11.2. The van der Waals surface area contributed by atoms with Crippen molar-refractivity contribution in [2.45, 2.75) is 38.8 Å². The Kier molecular flexibility index (Phi) is 5.45. The van der Waals surface area contributed by atoms with Crippen molar-refractivity contribution in [1.29, 1.82) is 0 Å². The number of ether oxygens (including phenoxy) is 1. The van der Waals surface area contributed by atoms with Gasteiger partial charge in [-0.2, -0.15) is 5.10 Å². The van der Waals surface area contributed by atoms with E-state index in [1.807, 2.05) is 0 Å². The highest BCUT2D eigenvalue weighted by molar-refractivity contribution is 5.75. The molecule has 2 aliphatic rings. The third-order valence-corrected chi connectivity index (χ3v) is 4.43. The molecule has 0 aliphatic carbocycles. The third kappa shape index (κ3) is 4.20. The van der Waals surface area contributed by atoms with Crippen LogP contribution in [0.3, 0.4) is 0 Å². The minimum atomic E-state index is -0.162. The molecular weight excluding hydrogens is 298 g/mol. The second-order valence-corrected chi connectivity index (χ2v) is 6.12. The van der Waals surface area contributed by atoms with Gasteiger partial charge in [0.2, 0.25) is 5.91 Å². The molecule has 8 nitrogen and oxygen atoms in total. The summed E-state index contributed by atoms with van der Waals surface area (Å²) in [6.45, 7) is 5.43. The molecular formula is C15H25N5O3. The van der Waals surface area contributed by atoms with E-state index in [0.29, 0.717) is 13.1 Å². The number of hydrogen-bond acceptors (Lipinski definition) is 5. The smallest absolute Gasteiger partial charge is 0.346 e. The molecule has 0 atom stereocenters. The van der Waals surface area contributed by atoms with Crippen LogP contribution in [0.25, 0.3) is 0 Å². The van der Waals surface area contributed by atoms with Crippen molar-refractivity contribution in [3.8, 4) is 0 Å². The van der Waals surface area contributed by atoms with Crippen molar-refractivity contribution in [2.75, 3.05) is 39.4 Å². The van der Waals surface area contributed by atoms with Gasteiger partial charge in [0, 0.05) is 39.1 Å². The molecule has 0 unspecified atom stereocenters. The molecule has 1 fully saturated rings. The van der Waals surface area contributed by atoms with E-state index in [1.54, 1.807) is 4.57 Å². The quantitative estimate of drug-likeness (QED) is 0.769. The molecule has 0 spiro atoms. The lowest BCUT2D eigenvalue weighted by atomic mass is 10.2. The summed E-state index contributed by atoms with van der Waals surface area (Å²) in [5.74, 6) is 0.655. The number of carbonyl (C=O) groups is 1. The summed E-state index contributed by atoms with van der Waals surface area (Å²) < 4.78 is 8.30. The van der Waals surface area contributed by atoms with Crippen LogP contribution in [-0.4, -0.2) is 64.5 Å². The van der Waals surface area contributed by atoms with Gasteiger partial charge in [-0.1, -0.05) is 6.42 Å². The van der Waals surface area contributed by atoms with Crippen LogP contribution in [0.5, 0.6) is 0 Å². The van der Waals surface area contributed by atoms with Crippen molar-refractivity contribution < 1.29 is 9.53 Å². The van der Waals surface area contributed by atoms with Crippen molar-refractivity contribution in [3.63, 3.8) is 0 Å². The molecule has 3 heterocycles. The number of fused-ring (bicyclic) bond motifs is 1. The van der Waals surface area contributed by atoms with Crippen LogP contribution in [0.15, 0.2) is 4.79 Å². The number of nitrogens with zero attached hydrogens (tertiary/aromatic N) is 4. The molecule has 23 heavy (non-hydrogen) atoms. The summed E-state index contributed by atoms with van der Waals surface area (Å²) in [6, 6.07) is 0. The fourth-order valence-corrected chi connectivity index (χ4v) is 3.10. The lowest BCUT2D eigenvalue weighted by molar-refractivity contribution is -0.122. The van der Waals surface area contributed by atoms with Crippen LogP contribution in [0.2, 0.25) is 0 Å². The van der Waals surface area contributed by atoms with E-state index >= 15 is 0 Å². The fourth-order valence-electron chi connectivity index (χ4n) is 3.10. The number of aromatic nitrogens is 3. The number of aryl methyl sites for hydroxylation is 1. The van der Waals surface area contributed by atoms with Gasteiger partial charge >= 0.3 is 5.69 Å². The van der Waals surface area contributed by atoms with Crippen LogP contribution in [0.1, 0.15) is 25.1 Å². The van der Waals surface area contributed by atoms with E-state index in [2.05, 4.69) is 15.3 Å². The van der Waals surface area contributed by atoms with Crippen LogP contribution in [0.4, 0.5) is 0 Å². The Morgan fingerprint density at radius 3 is 2.83 bits per heavy atom. The molecule has 1 N–H and O–H groups in total. The Hall–Kier alpha value is -1.67. The number of carbonyl (C=O) groups excluding carboxylic acids is 1. The van der Waals surface area contributed by atoms with Crippen LogP contribution in [0, 0.1) is 0 Å². The van der Waals surface area contributed by atoms with Gasteiger partial charge in [-0.25, -0.2) is 9.48 Å².